The lowest BCUT2D eigenvalue weighted by atomic mass is 10.2. The molecule has 10 heteroatoms. The molecule has 0 spiro atoms. The molecule has 0 fully saturated rings. The van der Waals surface area contributed by atoms with Gasteiger partial charge in [0.1, 0.15) is 11.4 Å². The van der Waals surface area contributed by atoms with E-state index in [4.69, 9.17) is 17.0 Å². The zero-order chi connectivity index (χ0) is 19.8. The smallest absolute Gasteiger partial charge is 0.444 e. The van der Waals surface area contributed by atoms with Gasteiger partial charge < -0.3 is 25.4 Å². The van der Waals surface area contributed by atoms with Gasteiger partial charge in [0.2, 0.25) is 0 Å². The van der Waals surface area contributed by atoms with Crippen molar-refractivity contribution < 1.29 is 27.4 Å². The highest BCUT2D eigenvalue weighted by molar-refractivity contribution is 7.80. The number of hydrogen-bond donors (Lipinski definition) is 3. The Morgan fingerprint density at radius 2 is 1.65 bits per heavy atom. The van der Waals surface area contributed by atoms with E-state index in [1.54, 1.807) is 20.8 Å². The molecule has 0 saturated heterocycles. The maximum atomic E-state index is 12.1. The predicted molar refractivity (Wildman–Crippen MR) is 96.2 cm³/mol. The first-order chi connectivity index (χ1) is 11.9. The molecule has 0 heterocycles. The van der Waals surface area contributed by atoms with Crippen molar-refractivity contribution >= 4 is 29.1 Å². The van der Waals surface area contributed by atoms with Gasteiger partial charge in [0.05, 0.1) is 0 Å². The molecule has 0 bridgehead atoms. The van der Waals surface area contributed by atoms with E-state index in [2.05, 4.69) is 20.7 Å². The van der Waals surface area contributed by atoms with Crippen molar-refractivity contribution in [2.45, 2.75) is 39.2 Å². The molecule has 6 nitrogen and oxygen atoms in total. The number of alkyl halides is 3. The number of halogens is 3. The Labute approximate surface area is 155 Å². The third-order valence-electron chi connectivity index (χ3n) is 2.65. The number of hydrogen-bond acceptors (Lipinski definition) is 4. The Balaban J connectivity index is 2.23. The van der Waals surface area contributed by atoms with Crippen LogP contribution in [-0.2, 0) is 4.74 Å². The molecule has 0 aliphatic carbocycles. The van der Waals surface area contributed by atoms with Crippen molar-refractivity contribution in [1.29, 1.82) is 0 Å². The predicted octanol–water partition coefficient (Wildman–Crippen LogP) is 3.79. The van der Waals surface area contributed by atoms with Crippen LogP contribution in [0.1, 0.15) is 27.2 Å². The van der Waals surface area contributed by atoms with E-state index in [0.717, 1.165) is 0 Å². The number of benzene rings is 1. The van der Waals surface area contributed by atoms with Crippen molar-refractivity contribution in [3.05, 3.63) is 24.3 Å². The fourth-order valence-electron chi connectivity index (χ4n) is 1.71. The van der Waals surface area contributed by atoms with Crippen LogP contribution < -0.4 is 20.7 Å². The van der Waals surface area contributed by atoms with Gasteiger partial charge in [0.15, 0.2) is 5.11 Å². The molecule has 0 aromatic heterocycles. The van der Waals surface area contributed by atoms with Crippen LogP contribution in [0.4, 0.5) is 23.7 Å². The maximum absolute atomic E-state index is 12.1. The van der Waals surface area contributed by atoms with E-state index >= 15 is 0 Å². The lowest BCUT2D eigenvalue weighted by Gasteiger charge is -2.19. The summed E-state index contributed by atoms with van der Waals surface area (Å²) in [5, 5.41) is 8.69. The summed E-state index contributed by atoms with van der Waals surface area (Å²) in [4.78, 5) is 11.4. The minimum Gasteiger partial charge on any atom is -0.444 e. The van der Waals surface area contributed by atoms with Crippen molar-refractivity contribution in [1.82, 2.24) is 10.6 Å². The maximum Gasteiger partial charge on any atom is 0.573 e. The van der Waals surface area contributed by atoms with E-state index in [1.165, 1.54) is 24.3 Å². The second kappa shape index (κ2) is 9.46. The molecular formula is C16H22F3N3O3S. The summed E-state index contributed by atoms with van der Waals surface area (Å²) in [6.07, 6.45) is -4.60. The lowest BCUT2D eigenvalue weighted by molar-refractivity contribution is -0.274. The van der Waals surface area contributed by atoms with Crippen LogP contribution >= 0.6 is 12.2 Å². The highest BCUT2D eigenvalue weighted by atomic mass is 32.1. The van der Waals surface area contributed by atoms with Crippen LogP contribution in [0.25, 0.3) is 0 Å². The molecule has 0 aliphatic heterocycles. The van der Waals surface area contributed by atoms with Gasteiger partial charge in [-0.25, -0.2) is 4.79 Å². The highest BCUT2D eigenvalue weighted by Gasteiger charge is 2.30. The second-order valence-electron chi connectivity index (χ2n) is 6.24. The molecule has 0 atom stereocenters. The zero-order valence-electron chi connectivity index (χ0n) is 14.7. The van der Waals surface area contributed by atoms with E-state index in [1.807, 2.05) is 0 Å². The van der Waals surface area contributed by atoms with Gasteiger partial charge in [-0.15, -0.1) is 13.2 Å². The first kappa shape index (κ1) is 21.8. The van der Waals surface area contributed by atoms with Gasteiger partial charge in [0, 0.05) is 18.8 Å². The molecular weight excluding hydrogens is 371 g/mol. The summed E-state index contributed by atoms with van der Waals surface area (Å²) in [5.74, 6) is -0.310. The van der Waals surface area contributed by atoms with Gasteiger partial charge in [-0.1, -0.05) is 0 Å². The van der Waals surface area contributed by atoms with Crippen LogP contribution in [0.3, 0.4) is 0 Å². The van der Waals surface area contributed by atoms with Crippen LogP contribution in [0, 0.1) is 0 Å². The second-order valence-corrected chi connectivity index (χ2v) is 6.64. The van der Waals surface area contributed by atoms with Gasteiger partial charge in [-0.3, -0.25) is 0 Å². The van der Waals surface area contributed by atoms with Gasteiger partial charge >= 0.3 is 12.5 Å². The fraction of sp³-hybridized carbons (Fsp3) is 0.500. The summed E-state index contributed by atoms with van der Waals surface area (Å²) in [6.45, 7) is 6.24. The monoisotopic (exact) mass is 393 g/mol. The number of carbonyl (C=O) groups is 1. The topological polar surface area (TPSA) is 71.6 Å². The average Bonchev–Trinajstić information content (AvgIpc) is 2.45. The molecule has 1 rings (SSSR count). The minimum absolute atomic E-state index is 0.310. The summed E-state index contributed by atoms with van der Waals surface area (Å²) in [5.41, 5.74) is -0.0296. The molecule has 1 aromatic carbocycles. The summed E-state index contributed by atoms with van der Waals surface area (Å²) in [6, 6.07) is 5.20. The SMILES string of the molecule is CC(C)(C)OC(=O)NCCCNC(=S)Nc1ccc(OC(F)(F)F)cc1. The van der Waals surface area contributed by atoms with Crippen molar-refractivity contribution in [2.24, 2.45) is 0 Å². The van der Waals surface area contributed by atoms with E-state index in [9.17, 15) is 18.0 Å². The number of amides is 1. The first-order valence-corrected chi connectivity index (χ1v) is 8.23. The Morgan fingerprint density at radius 1 is 1.08 bits per heavy atom. The number of carbonyl (C=O) groups excluding carboxylic acids is 1. The number of thiocarbonyl (C=S) groups is 1. The number of anilines is 1. The Kier molecular flexibility index (Phi) is 7.94. The Hall–Kier alpha value is -2.23. The molecule has 0 radical (unpaired) electrons. The number of ether oxygens (including phenoxy) is 2. The van der Waals surface area contributed by atoms with Crippen LogP contribution in [-0.4, -0.2) is 36.3 Å². The third kappa shape index (κ3) is 10.6. The third-order valence-corrected chi connectivity index (χ3v) is 2.90. The summed E-state index contributed by atoms with van der Waals surface area (Å²) < 4.78 is 45.1. The Bertz CT molecular complexity index is 601. The first-order valence-electron chi connectivity index (χ1n) is 7.82. The van der Waals surface area contributed by atoms with Gasteiger partial charge in [-0.05, 0) is 63.7 Å². The Morgan fingerprint density at radius 3 is 2.19 bits per heavy atom. The van der Waals surface area contributed by atoms with Crippen LogP contribution in [0.5, 0.6) is 5.75 Å². The van der Waals surface area contributed by atoms with Crippen LogP contribution in [0.2, 0.25) is 0 Å². The molecule has 146 valence electrons. The minimum atomic E-state index is -4.72. The molecule has 0 saturated carbocycles. The molecule has 3 N–H and O–H groups in total. The quantitative estimate of drug-likeness (QED) is 0.505. The zero-order valence-corrected chi connectivity index (χ0v) is 15.5. The normalized spacial score (nSPS) is 11.5. The van der Waals surface area contributed by atoms with Crippen molar-refractivity contribution in [2.75, 3.05) is 18.4 Å². The number of alkyl carbamates (subject to hydrolysis) is 1. The molecule has 0 unspecified atom stereocenters. The van der Waals surface area contributed by atoms with Gasteiger partial charge in [-0.2, -0.15) is 0 Å². The molecule has 26 heavy (non-hydrogen) atoms. The number of rotatable bonds is 6. The van der Waals surface area contributed by atoms with Gasteiger partial charge in [0.25, 0.3) is 0 Å². The molecule has 1 amide bonds. The van der Waals surface area contributed by atoms with Crippen molar-refractivity contribution in [3.8, 4) is 5.75 Å². The summed E-state index contributed by atoms with van der Waals surface area (Å²) >= 11 is 5.08. The fourth-order valence-corrected chi connectivity index (χ4v) is 1.93. The number of nitrogens with one attached hydrogen (secondary N) is 3. The average molecular weight is 393 g/mol. The van der Waals surface area contributed by atoms with E-state index in [0.29, 0.717) is 30.3 Å². The van der Waals surface area contributed by atoms with E-state index < -0.39 is 18.1 Å². The largest absolute Gasteiger partial charge is 0.573 e. The lowest BCUT2D eigenvalue weighted by Crippen LogP contribution is -2.35. The molecule has 1 aromatic rings. The van der Waals surface area contributed by atoms with E-state index in [-0.39, 0.29) is 5.75 Å². The van der Waals surface area contributed by atoms with Crippen molar-refractivity contribution in [3.63, 3.8) is 0 Å². The summed E-state index contributed by atoms with van der Waals surface area (Å²) in [7, 11) is 0. The molecule has 0 aliphatic rings. The van der Waals surface area contributed by atoms with Crippen LogP contribution in [0.15, 0.2) is 24.3 Å². The highest BCUT2D eigenvalue weighted by Crippen LogP contribution is 2.23. The standard InChI is InChI=1S/C16H22F3N3O3S/c1-15(2,3)25-14(23)21-10-4-9-20-13(26)22-11-5-7-12(8-6-11)24-16(17,18)19/h5-8H,4,9-10H2,1-3H3,(H,21,23)(H2,20,22,26).